The van der Waals surface area contributed by atoms with E-state index in [0.29, 0.717) is 23.4 Å². The van der Waals surface area contributed by atoms with Gasteiger partial charge in [0.15, 0.2) is 11.4 Å². The van der Waals surface area contributed by atoms with E-state index in [9.17, 15) is 14.7 Å². The number of anilines is 1. The minimum Gasteiger partial charge on any atom is -0.375 e. The molecule has 0 unspecified atom stereocenters. The lowest BCUT2D eigenvalue weighted by molar-refractivity contribution is -0.135. The van der Waals surface area contributed by atoms with E-state index in [1.807, 2.05) is 24.3 Å². The SMILES string of the molecule is CCCCN1C(=O)[C@](O)(CC(=O)c2ccc(I)cc2)c2ccccc21. The van der Waals surface area contributed by atoms with Crippen molar-refractivity contribution in [1.29, 1.82) is 0 Å². The van der Waals surface area contributed by atoms with E-state index in [4.69, 9.17) is 0 Å². The molecule has 4 nitrogen and oxygen atoms in total. The van der Waals surface area contributed by atoms with Crippen LogP contribution in [0, 0.1) is 3.57 Å². The van der Waals surface area contributed by atoms with E-state index in [0.717, 1.165) is 16.4 Å². The lowest BCUT2D eigenvalue weighted by atomic mass is 9.88. The molecule has 2 aromatic carbocycles. The molecule has 1 atom stereocenters. The number of Topliss-reactive ketones (excluding diaryl/α,β-unsaturated/α-hetero) is 1. The van der Waals surface area contributed by atoms with Gasteiger partial charge in [-0.15, -0.1) is 0 Å². The smallest absolute Gasteiger partial charge is 0.264 e. The second-order valence-corrected chi connectivity index (χ2v) is 7.54. The lowest BCUT2D eigenvalue weighted by Gasteiger charge is -2.22. The number of benzene rings is 2. The van der Waals surface area contributed by atoms with E-state index in [1.54, 1.807) is 29.2 Å². The fourth-order valence-electron chi connectivity index (χ4n) is 3.19. The molecule has 1 amide bonds. The Morgan fingerprint density at radius 2 is 1.84 bits per heavy atom. The molecule has 0 spiro atoms. The summed E-state index contributed by atoms with van der Waals surface area (Å²) in [5, 5.41) is 11.2. The number of nitrogens with zero attached hydrogens (tertiary/aromatic N) is 1. The first-order valence-corrected chi connectivity index (χ1v) is 9.48. The summed E-state index contributed by atoms with van der Waals surface area (Å²) in [7, 11) is 0. The van der Waals surface area contributed by atoms with E-state index in [-0.39, 0.29) is 12.2 Å². The molecule has 0 saturated carbocycles. The number of ketones is 1. The Morgan fingerprint density at radius 1 is 1.16 bits per heavy atom. The quantitative estimate of drug-likeness (QED) is 0.538. The van der Waals surface area contributed by atoms with Gasteiger partial charge in [0.25, 0.3) is 5.91 Å². The topological polar surface area (TPSA) is 57.6 Å². The summed E-state index contributed by atoms with van der Waals surface area (Å²) in [4.78, 5) is 27.2. The number of fused-ring (bicyclic) bond motifs is 1. The van der Waals surface area contributed by atoms with Crippen molar-refractivity contribution in [3.8, 4) is 0 Å². The normalized spacial score (nSPS) is 19.2. The van der Waals surface area contributed by atoms with Crippen LogP contribution < -0.4 is 4.90 Å². The predicted octanol–water partition coefficient (Wildman–Crippen LogP) is 3.90. The number of hydrogen-bond acceptors (Lipinski definition) is 3. The molecule has 0 aromatic heterocycles. The van der Waals surface area contributed by atoms with Gasteiger partial charge in [-0.2, -0.15) is 0 Å². The number of aliphatic hydroxyl groups is 1. The van der Waals surface area contributed by atoms with Gasteiger partial charge in [0.1, 0.15) is 0 Å². The zero-order valence-electron chi connectivity index (χ0n) is 14.0. The van der Waals surface area contributed by atoms with Crippen molar-refractivity contribution in [1.82, 2.24) is 0 Å². The summed E-state index contributed by atoms with van der Waals surface area (Å²) in [6.45, 7) is 2.60. The number of amides is 1. The first-order valence-electron chi connectivity index (χ1n) is 8.40. The van der Waals surface area contributed by atoms with Crippen molar-refractivity contribution >= 4 is 40.0 Å². The molecular weight excluding hydrogens is 429 g/mol. The van der Waals surface area contributed by atoms with Crippen LogP contribution >= 0.6 is 22.6 Å². The maximum absolute atomic E-state index is 12.9. The second kappa shape index (κ2) is 7.25. The Kier molecular flexibility index (Phi) is 5.24. The standard InChI is InChI=1S/C20H20INO3/c1-2-3-12-22-17-7-5-4-6-16(17)20(25,19(22)24)13-18(23)14-8-10-15(21)11-9-14/h4-11,25H,2-3,12-13H2,1H3/t20-/m0/s1. The van der Waals surface area contributed by atoms with Crippen LogP contribution in [0.25, 0.3) is 0 Å². The third-order valence-electron chi connectivity index (χ3n) is 4.56. The number of carbonyl (C=O) groups is 2. The Balaban J connectivity index is 1.92. The number of carbonyl (C=O) groups excluding carboxylic acids is 2. The molecular formula is C20H20INO3. The summed E-state index contributed by atoms with van der Waals surface area (Å²) >= 11 is 2.17. The molecule has 25 heavy (non-hydrogen) atoms. The molecule has 0 aliphatic carbocycles. The third kappa shape index (κ3) is 3.35. The van der Waals surface area contributed by atoms with Crippen molar-refractivity contribution in [3.63, 3.8) is 0 Å². The number of para-hydroxylation sites is 1. The molecule has 1 aliphatic rings. The van der Waals surface area contributed by atoms with Gasteiger partial charge in [-0.25, -0.2) is 0 Å². The van der Waals surface area contributed by atoms with Gasteiger partial charge in [0.05, 0.1) is 12.1 Å². The van der Waals surface area contributed by atoms with Gasteiger partial charge in [0, 0.05) is 21.2 Å². The summed E-state index contributed by atoms with van der Waals surface area (Å²) < 4.78 is 1.03. The number of unbranched alkanes of at least 4 members (excludes halogenated alkanes) is 1. The highest BCUT2D eigenvalue weighted by atomic mass is 127. The zero-order chi connectivity index (χ0) is 18.0. The first kappa shape index (κ1) is 18.1. The van der Waals surface area contributed by atoms with Crippen LogP contribution in [-0.4, -0.2) is 23.3 Å². The van der Waals surface area contributed by atoms with Crippen LogP contribution in [0.5, 0.6) is 0 Å². The predicted molar refractivity (Wildman–Crippen MR) is 106 cm³/mol. The highest BCUT2D eigenvalue weighted by Crippen LogP contribution is 2.42. The molecule has 130 valence electrons. The molecule has 3 rings (SSSR count). The molecule has 0 bridgehead atoms. The van der Waals surface area contributed by atoms with Crippen LogP contribution in [0.3, 0.4) is 0 Å². The molecule has 0 fully saturated rings. The van der Waals surface area contributed by atoms with Gasteiger partial charge in [-0.3, -0.25) is 9.59 Å². The first-order chi connectivity index (χ1) is 12.0. The van der Waals surface area contributed by atoms with Crippen molar-refractivity contribution in [2.75, 3.05) is 11.4 Å². The molecule has 1 N–H and O–H groups in total. The molecule has 0 saturated heterocycles. The van der Waals surface area contributed by atoms with Crippen molar-refractivity contribution in [2.45, 2.75) is 31.8 Å². The fraction of sp³-hybridized carbons (Fsp3) is 0.300. The van der Waals surface area contributed by atoms with Gasteiger partial charge in [-0.05, 0) is 47.2 Å². The largest absolute Gasteiger partial charge is 0.375 e. The van der Waals surface area contributed by atoms with Crippen LogP contribution in [0.15, 0.2) is 48.5 Å². The summed E-state index contributed by atoms with van der Waals surface area (Å²) in [5.74, 6) is -0.639. The minimum absolute atomic E-state index is 0.237. The molecule has 5 heteroatoms. The molecule has 1 aliphatic heterocycles. The van der Waals surface area contributed by atoms with Crippen LogP contribution in [0.1, 0.15) is 42.1 Å². The van der Waals surface area contributed by atoms with Gasteiger partial charge < -0.3 is 10.0 Å². The molecule has 2 aromatic rings. The Hall–Kier alpha value is -1.73. The van der Waals surface area contributed by atoms with E-state index in [2.05, 4.69) is 29.5 Å². The monoisotopic (exact) mass is 449 g/mol. The number of halogens is 1. The third-order valence-corrected chi connectivity index (χ3v) is 5.28. The maximum Gasteiger partial charge on any atom is 0.264 e. The summed E-state index contributed by atoms with van der Waals surface area (Å²) in [6.07, 6.45) is 1.55. The minimum atomic E-state index is -1.79. The lowest BCUT2D eigenvalue weighted by Crippen LogP contribution is -2.42. The van der Waals surface area contributed by atoms with Crippen LogP contribution in [0.2, 0.25) is 0 Å². The van der Waals surface area contributed by atoms with Crippen molar-refractivity contribution in [2.24, 2.45) is 0 Å². The van der Waals surface area contributed by atoms with Gasteiger partial charge in [-0.1, -0.05) is 43.7 Å². The Morgan fingerprint density at radius 3 is 2.52 bits per heavy atom. The van der Waals surface area contributed by atoms with Crippen molar-refractivity contribution < 1.29 is 14.7 Å². The van der Waals surface area contributed by atoms with Crippen molar-refractivity contribution in [3.05, 3.63) is 63.2 Å². The van der Waals surface area contributed by atoms with Crippen LogP contribution in [-0.2, 0) is 10.4 Å². The maximum atomic E-state index is 12.9. The average Bonchev–Trinajstić information content (AvgIpc) is 2.82. The number of rotatable bonds is 6. The van der Waals surface area contributed by atoms with Gasteiger partial charge in [0.2, 0.25) is 0 Å². The summed E-state index contributed by atoms with van der Waals surface area (Å²) in [6, 6.07) is 14.3. The van der Waals surface area contributed by atoms with E-state index in [1.165, 1.54) is 0 Å². The van der Waals surface area contributed by atoms with E-state index >= 15 is 0 Å². The second-order valence-electron chi connectivity index (χ2n) is 6.29. The zero-order valence-corrected chi connectivity index (χ0v) is 16.2. The number of hydrogen-bond donors (Lipinski definition) is 1. The highest BCUT2D eigenvalue weighted by Gasteiger charge is 2.50. The Bertz CT molecular complexity index is 803. The Labute approximate surface area is 161 Å². The van der Waals surface area contributed by atoms with Gasteiger partial charge >= 0.3 is 0 Å². The molecule has 0 radical (unpaired) electrons. The van der Waals surface area contributed by atoms with Crippen LogP contribution in [0.4, 0.5) is 5.69 Å². The highest BCUT2D eigenvalue weighted by molar-refractivity contribution is 14.1. The fourth-order valence-corrected chi connectivity index (χ4v) is 3.55. The van der Waals surface area contributed by atoms with E-state index < -0.39 is 11.5 Å². The summed E-state index contributed by atoms with van der Waals surface area (Å²) in [5.41, 5.74) is -0.0512. The molecule has 1 heterocycles. The average molecular weight is 449 g/mol.